The van der Waals surface area contributed by atoms with E-state index >= 15 is 0 Å². The van der Waals surface area contributed by atoms with Gasteiger partial charge in [0.1, 0.15) is 17.4 Å². The molecule has 1 unspecified atom stereocenters. The summed E-state index contributed by atoms with van der Waals surface area (Å²) in [5.74, 6) is -0.983. The number of rotatable bonds is 7. The molecule has 1 aliphatic heterocycles. The molecule has 0 bridgehead atoms. The van der Waals surface area contributed by atoms with Crippen LogP contribution in [0.25, 0.3) is 22.5 Å². The van der Waals surface area contributed by atoms with Crippen molar-refractivity contribution in [1.82, 2.24) is 14.9 Å². The average Bonchev–Trinajstić information content (AvgIpc) is 3.98. The van der Waals surface area contributed by atoms with Gasteiger partial charge in [-0.1, -0.05) is 125 Å². The largest absolute Gasteiger partial charge is 0.364 e. The standard InChI is InChI=1S/C17H14FN5OS.C10H8BrFN2S.C8H5BrClFO.C6H4BrI/c1-22(16(24)13-6-3-7-23(13)10-20)17-21-14(15(18)25-17)12-5-2-4-11(8-12)9-19;1-13-10-14-8(9(12)15-10)6-3-2-4-7(11)5-6;9-6-3-1-2-5(4-6)7(12)8(10)11;7-5-2-1-3-6(8)4-5/h2,4-5,8,13H,3,6-7H2,1H3;2-5H,1H3,(H,13,14);1-4,8H;1-4H/t13-;;;/m0.../s1. The first kappa shape index (κ1) is 48.8. The van der Waals surface area contributed by atoms with Crippen molar-refractivity contribution in [2.45, 2.75) is 24.5 Å². The van der Waals surface area contributed by atoms with Crippen LogP contribution in [0, 0.1) is 36.6 Å². The second-order valence-electron chi connectivity index (χ2n) is 12.2. The molecule has 2 atom stereocenters. The lowest BCUT2D eigenvalue weighted by Crippen LogP contribution is -2.42. The number of anilines is 2. The van der Waals surface area contributed by atoms with Gasteiger partial charge >= 0.3 is 0 Å². The number of ketones is 1. The number of alkyl halides is 2. The lowest BCUT2D eigenvalue weighted by atomic mass is 10.1. The molecule has 2 aromatic heterocycles. The minimum Gasteiger partial charge on any atom is -0.364 e. The number of nitriles is 2. The van der Waals surface area contributed by atoms with Crippen LogP contribution in [0.15, 0.2) is 110 Å². The molecule has 7 rings (SSSR count). The quantitative estimate of drug-likeness (QED) is 0.0725. The molecule has 19 heteroatoms. The van der Waals surface area contributed by atoms with Gasteiger partial charge in [0.2, 0.25) is 21.7 Å². The smallest absolute Gasteiger partial charge is 0.251 e. The fourth-order valence-corrected chi connectivity index (χ4v) is 9.01. The van der Waals surface area contributed by atoms with Crippen LogP contribution < -0.4 is 10.2 Å². The van der Waals surface area contributed by atoms with Gasteiger partial charge < -0.3 is 5.32 Å². The third-order valence-electron chi connectivity index (χ3n) is 8.12. The molecule has 9 nitrogen and oxygen atoms in total. The van der Waals surface area contributed by atoms with Crippen molar-refractivity contribution < 1.29 is 22.8 Å². The van der Waals surface area contributed by atoms with Crippen LogP contribution in [0.4, 0.5) is 23.4 Å². The van der Waals surface area contributed by atoms with E-state index in [4.69, 9.17) is 22.1 Å². The van der Waals surface area contributed by atoms with Crippen LogP contribution in [-0.2, 0) is 4.79 Å². The van der Waals surface area contributed by atoms with E-state index in [-0.39, 0.29) is 27.4 Å². The molecule has 4 aromatic carbocycles. The molecule has 0 spiro atoms. The molecule has 6 aromatic rings. The Labute approximate surface area is 396 Å². The third-order valence-corrected chi connectivity index (χ3v) is 12.2. The molecule has 1 aliphatic rings. The maximum Gasteiger partial charge on any atom is 0.251 e. The highest BCUT2D eigenvalue weighted by Crippen LogP contribution is 2.33. The van der Waals surface area contributed by atoms with E-state index in [0.29, 0.717) is 34.9 Å². The zero-order valence-electron chi connectivity index (χ0n) is 31.4. The summed E-state index contributed by atoms with van der Waals surface area (Å²) < 4.78 is 44.2. The van der Waals surface area contributed by atoms with Gasteiger partial charge in [-0.15, -0.1) is 0 Å². The first-order valence-corrected chi connectivity index (χ1v) is 22.9. The number of Topliss-reactive ketones (excluding diaryl/α,β-unsaturated/α-hetero) is 1. The molecule has 0 radical (unpaired) electrons. The fraction of sp³-hybridized carbons (Fsp3) is 0.171. The van der Waals surface area contributed by atoms with Crippen molar-refractivity contribution in [2.24, 2.45) is 0 Å². The molecule has 3 heterocycles. The Bertz CT molecular complexity index is 2500. The normalized spacial score (nSPS) is 13.1. The second-order valence-corrected chi connectivity index (χ2v) is 18.4. The number of nitrogens with zero attached hydrogens (tertiary/aromatic N) is 6. The number of thiazole rings is 2. The SMILES string of the molecule is Brc1cccc(I)c1.CN(C(=O)[C@@H]1CCCN1C#N)c1nc(-c2cccc(C#N)c2)c(F)s1.CNc1nc(-c2cccc(Br)c2)c(F)s1.O=C(c1cccc(Br)c1)C(F)Cl. The van der Waals surface area contributed by atoms with Gasteiger partial charge in [-0.05, 0) is 90.0 Å². The molecule has 0 saturated carbocycles. The molecular formula is C41H31Br3ClF3IN7O2S2. The Kier molecular flexibility index (Phi) is 19.5. The highest BCUT2D eigenvalue weighted by Gasteiger charge is 2.34. The summed E-state index contributed by atoms with van der Waals surface area (Å²) in [7, 11) is 3.26. The topological polar surface area (TPSA) is 126 Å². The van der Waals surface area contributed by atoms with E-state index in [9.17, 15) is 22.8 Å². The van der Waals surface area contributed by atoms with Crippen molar-refractivity contribution in [1.29, 1.82) is 10.5 Å². The summed E-state index contributed by atoms with van der Waals surface area (Å²) >= 11 is 18.9. The van der Waals surface area contributed by atoms with E-state index in [1.807, 2.05) is 48.7 Å². The molecule has 1 fully saturated rings. The minimum absolute atomic E-state index is 0.111. The summed E-state index contributed by atoms with van der Waals surface area (Å²) in [5, 5.41) is 20.9. The Morgan fingerprint density at radius 1 is 0.900 bits per heavy atom. The number of carbonyl (C=O) groups is 2. The van der Waals surface area contributed by atoms with Gasteiger partial charge in [0, 0.05) is 54.3 Å². The number of amides is 1. The van der Waals surface area contributed by atoms with Crippen molar-refractivity contribution in [3.63, 3.8) is 0 Å². The van der Waals surface area contributed by atoms with Gasteiger partial charge in [0.15, 0.2) is 16.5 Å². The fourth-order valence-electron chi connectivity index (χ4n) is 5.26. The number of halogens is 8. The van der Waals surface area contributed by atoms with Crippen molar-refractivity contribution >= 4 is 127 Å². The van der Waals surface area contributed by atoms with Gasteiger partial charge in [-0.2, -0.15) is 19.3 Å². The lowest BCUT2D eigenvalue weighted by molar-refractivity contribution is -0.121. The summed E-state index contributed by atoms with van der Waals surface area (Å²) in [6.07, 6.45) is 3.39. The predicted molar refractivity (Wildman–Crippen MR) is 252 cm³/mol. The van der Waals surface area contributed by atoms with E-state index in [1.165, 1.54) is 32.6 Å². The van der Waals surface area contributed by atoms with Crippen LogP contribution in [0.2, 0.25) is 0 Å². The minimum atomic E-state index is -1.96. The van der Waals surface area contributed by atoms with Crippen LogP contribution in [0.3, 0.4) is 0 Å². The molecule has 0 aliphatic carbocycles. The molecular weight excluding hydrogens is 1150 g/mol. The van der Waals surface area contributed by atoms with E-state index in [1.54, 1.807) is 43.4 Å². The lowest BCUT2D eigenvalue weighted by Gasteiger charge is -2.22. The van der Waals surface area contributed by atoms with E-state index < -0.39 is 22.6 Å². The zero-order chi connectivity index (χ0) is 43.9. The van der Waals surface area contributed by atoms with E-state index in [0.717, 1.165) is 48.1 Å². The number of likely N-dealkylation sites (tertiary alicyclic amines) is 1. The van der Waals surface area contributed by atoms with Gasteiger partial charge in [0.25, 0.3) is 5.91 Å². The summed E-state index contributed by atoms with van der Waals surface area (Å²) in [6, 6.07) is 30.0. The van der Waals surface area contributed by atoms with Crippen LogP contribution in [0.5, 0.6) is 0 Å². The number of likely N-dealkylation sites (N-methyl/N-ethyl adjacent to an activating group) is 1. The van der Waals surface area contributed by atoms with Gasteiger partial charge in [0.05, 0.1) is 11.6 Å². The zero-order valence-corrected chi connectivity index (χ0v) is 40.7. The number of benzene rings is 4. The first-order chi connectivity index (χ1) is 28.6. The van der Waals surface area contributed by atoms with Crippen molar-refractivity contribution in [2.75, 3.05) is 30.9 Å². The van der Waals surface area contributed by atoms with Crippen LogP contribution >= 0.6 is 105 Å². The number of hydrogen-bond acceptors (Lipinski definition) is 10. The molecule has 1 amide bonds. The monoisotopic (exact) mass is 1170 g/mol. The Morgan fingerprint density at radius 3 is 2.03 bits per heavy atom. The highest BCUT2D eigenvalue weighted by molar-refractivity contribution is 14.1. The number of nitrogens with one attached hydrogen (secondary N) is 1. The van der Waals surface area contributed by atoms with Gasteiger partial charge in [-0.3, -0.25) is 19.4 Å². The average molecular weight is 1180 g/mol. The Hall–Kier alpha value is -3.89. The highest BCUT2D eigenvalue weighted by atomic mass is 127. The Morgan fingerprint density at radius 2 is 1.48 bits per heavy atom. The number of hydrogen-bond donors (Lipinski definition) is 1. The van der Waals surface area contributed by atoms with Gasteiger partial charge in [-0.25, -0.2) is 14.4 Å². The molecule has 1 N–H and O–H groups in total. The summed E-state index contributed by atoms with van der Waals surface area (Å²) in [6.45, 7) is 0.555. The summed E-state index contributed by atoms with van der Waals surface area (Å²) in [5.41, 5.74) is 0.489. The van der Waals surface area contributed by atoms with Crippen molar-refractivity contribution in [3.8, 4) is 34.8 Å². The summed E-state index contributed by atoms with van der Waals surface area (Å²) in [4.78, 5) is 34.7. The van der Waals surface area contributed by atoms with Crippen molar-refractivity contribution in [3.05, 3.63) is 135 Å². The maximum absolute atomic E-state index is 14.3. The van der Waals surface area contributed by atoms with Crippen LogP contribution in [0.1, 0.15) is 28.8 Å². The maximum atomic E-state index is 14.3. The second kappa shape index (κ2) is 23.9. The molecule has 1 saturated heterocycles. The van der Waals surface area contributed by atoms with Crippen LogP contribution in [-0.4, -0.2) is 58.9 Å². The number of aromatic nitrogens is 2. The molecule has 60 heavy (non-hydrogen) atoms. The third kappa shape index (κ3) is 14.1. The molecule has 310 valence electrons. The number of carbonyl (C=O) groups excluding carboxylic acids is 2. The Balaban J connectivity index is 0.000000193. The van der Waals surface area contributed by atoms with E-state index in [2.05, 4.69) is 97.8 Å². The first-order valence-electron chi connectivity index (χ1n) is 17.4. The predicted octanol–water partition coefficient (Wildman–Crippen LogP) is 12.7.